The predicted molar refractivity (Wildman–Crippen MR) is 79.9 cm³/mol. The molecule has 1 aromatic carbocycles. The zero-order chi connectivity index (χ0) is 14.7. The number of aliphatic carboxylic acids is 1. The molecule has 6 heteroatoms. The summed E-state index contributed by atoms with van der Waals surface area (Å²) in [5, 5.41) is 10.1. The van der Waals surface area contributed by atoms with Crippen molar-refractivity contribution < 1.29 is 9.90 Å². The van der Waals surface area contributed by atoms with Crippen LogP contribution in [0.15, 0.2) is 29.3 Å². The first-order chi connectivity index (χ1) is 9.47. The molecular weight excluding hydrogens is 274 g/mol. The lowest BCUT2D eigenvalue weighted by Crippen LogP contribution is -2.15. The highest BCUT2D eigenvalue weighted by Crippen LogP contribution is 2.28. The van der Waals surface area contributed by atoms with Gasteiger partial charge in [0.25, 0.3) is 0 Å². The van der Waals surface area contributed by atoms with Gasteiger partial charge in [-0.2, -0.15) is 0 Å². The largest absolute Gasteiger partial charge is 0.480 e. The van der Waals surface area contributed by atoms with Gasteiger partial charge < -0.3 is 10.0 Å². The molecular formula is C14H17N3O2S. The molecule has 2 aromatic rings. The van der Waals surface area contributed by atoms with Crippen LogP contribution in [0.3, 0.4) is 0 Å². The van der Waals surface area contributed by atoms with Crippen molar-refractivity contribution in [1.82, 2.24) is 14.9 Å². The summed E-state index contributed by atoms with van der Waals surface area (Å²) in [5.74, 6) is -0.138. The molecule has 0 aliphatic carbocycles. The number of carboxylic acid groups (broad SMARTS) is 1. The van der Waals surface area contributed by atoms with Crippen LogP contribution < -0.4 is 0 Å². The van der Waals surface area contributed by atoms with Crippen LogP contribution >= 0.6 is 11.8 Å². The molecule has 20 heavy (non-hydrogen) atoms. The number of fused-ring (bicyclic) bond motifs is 1. The van der Waals surface area contributed by atoms with Gasteiger partial charge in [0, 0.05) is 5.39 Å². The fourth-order valence-electron chi connectivity index (χ4n) is 1.75. The van der Waals surface area contributed by atoms with Gasteiger partial charge in [-0.15, -0.1) is 0 Å². The van der Waals surface area contributed by atoms with Crippen molar-refractivity contribution in [2.45, 2.75) is 23.7 Å². The van der Waals surface area contributed by atoms with Crippen molar-refractivity contribution in [2.24, 2.45) is 0 Å². The summed E-state index contributed by atoms with van der Waals surface area (Å²) in [6.45, 7) is 2.29. The molecule has 1 unspecified atom stereocenters. The third kappa shape index (κ3) is 3.46. The highest BCUT2D eigenvalue weighted by atomic mass is 32.2. The van der Waals surface area contributed by atoms with Crippen LogP contribution in [-0.4, -0.2) is 45.3 Å². The summed E-state index contributed by atoms with van der Waals surface area (Å²) in [6, 6.07) is 7.67. The van der Waals surface area contributed by atoms with Crippen LogP contribution in [-0.2, 0) is 11.3 Å². The number of nitrogens with zero attached hydrogens (tertiary/aromatic N) is 3. The Morgan fingerprint density at radius 1 is 1.35 bits per heavy atom. The van der Waals surface area contributed by atoms with Crippen molar-refractivity contribution in [3.63, 3.8) is 0 Å². The second-order valence-electron chi connectivity index (χ2n) is 4.80. The van der Waals surface area contributed by atoms with Crippen LogP contribution in [0.25, 0.3) is 10.9 Å². The molecule has 1 atom stereocenters. The Kier molecular flexibility index (Phi) is 4.57. The van der Waals surface area contributed by atoms with Crippen molar-refractivity contribution in [1.29, 1.82) is 0 Å². The monoisotopic (exact) mass is 291 g/mol. The average Bonchev–Trinajstić information content (AvgIpc) is 2.37. The lowest BCUT2D eigenvalue weighted by atomic mass is 10.2. The van der Waals surface area contributed by atoms with E-state index in [1.165, 1.54) is 11.8 Å². The quantitative estimate of drug-likeness (QED) is 0.673. The van der Waals surface area contributed by atoms with Gasteiger partial charge in [-0.3, -0.25) is 4.79 Å². The van der Waals surface area contributed by atoms with Gasteiger partial charge in [-0.05, 0) is 27.1 Å². The lowest BCUT2D eigenvalue weighted by Gasteiger charge is -2.12. The van der Waals surface area contributed by atoms with Crippen LogP contribution in [0.1, 0.15) is 12.7 Å². The fraction of sp³-hybridized carbons (Fsp3) is 0.357. The van der Waals surface area contributed by atoms with Gasteiger partial charge in [0.1, 0.15) is 16.1 Å². The second-order valence-corrected chi connectivity index (χ2v) is 6.13. The number of hydrogen-bond acceptors (Lipinski definition) is 5. The summed E-state index contributed by atoms with van der Waals surface area (Å²) < 4.78 is 0. The van der Waals surface area contributed by atoms with Crippen LogP contribution in [0.2, 0.25) is 0 Å². The average molecular weight is 291 g/mol. The second kappa shape index (κ2) is 6.19. The lowest BCUT2D eigenvalue weighted by molar-refractivity contribution is -0.136. The summed E-state index contributed by atoms with van der Waals surface area (Å²) in [4.78, 5) is 22.0. The molecule has 0 radical (unpaired) electrons. The Morgan fingerprint density at radius 3 is 2.70 bits per heavy atom. The van der Waals surface area contributed by atoms with Gasteiger partial charge in [0.15, 0.2) is 0 Å². The molecule has 0 saturated heterocycles. The number of para-hydroxylation sites is 1. The molecule has 2 rings (SSSR count). The number of thioether (sulfide) groups is 1. The highest BCUT2D eigenvalue weighted by Gasteiger charge is 2.16. The van der Waals surface area contributed by atoms with Crippen LogP contribution in [0, 0.1) is 0 Å². The minimum atomic E-state index is -0.841. The van der Waals surface area contributed by atoms with Crippen molar-refractivity contribution in [3.05, 3.63) is 30.1 Å². The van der Waals surface area contributed by atoms with Crippen molar-refractivity contribution >= 4 is 28.6 Å². The van der Waals surface area contributed by atoms with E-state index in [1.807, 2.05) is 43.3 Å². The molecule has 0 bridgehead atoms. The Bertz CT molecular complexity index is 631. The Labute approximate surface area is 122 Å². The van der Waals surface area contributed by atoms with Crippen molar-refractivity contribution in [2.75, 3.05) is 14.1 Å². The Morgan fingerprint density at radius 2 is 2.05 bits per heavy atom. The number of carbonyl (C=O) groups is 1. The molecule has 1 N–H and O–H groups in total. The van der Waals surface area contributed by atoms with E-state index in [0.29, 0.717) is 12.4 Å². The maximum Gasteiger partial charge on any atom is 0.316 e. The summed E-state index contributed by atoms with van der Waals surface area (Å²) in [7, 11) is 3.90. The molecule has 106 valence electrons. The molecule has 0 saturated carbocycles. The normalized spacial score (nSPS) is 12.8. The third-order valence-corrected chi connectivity index (χ3v) is 3.80. The number of aromatic nitrogens is 2. The molecule has 0 spiro atoms. The minimum Gasteiger partial charge on any atom is -0.480 e. The first-order valence-electron chi connectivity index (χ1n) is 6.27. The molecule has 1 heterocycles. The van der Waals surface area contributed by atoms with Crippen molar-refractivity contribution in [3.8, 4) is 0 Å². The van der Waals surface area contributed by atoms with E-state index in [2.05, 4.69) is 9.97 Å². The van der Waals surface area contributed by atoms with E-state index in [9.17, 15) is 4.79 Å². The first-order valence-corrected chi connectivity index (χ1v) is 7.15. The summed E-state index contributed by atoms with van der Waals surface area (Å²) in [5.41, 5.74) is 0.847. The van der Waals surface area contributed by atoms with E-state index in [4.69, 9.17) is 5.11 Å². The maximum atomic E-state index is 11.0. The smallest absolute Gasteiger partial charge is 0.316 e. The molecule has 0 aliphatic heterocycles. The van der Waals surface area contributed by atoms with Crippen LogP contribution in [0.5, 0.6) is 0 Å². The molecule has 5 nitrogen and oxygen atoms in total. The number of carboxylic acids is 1. The maximum absolute atomic E-state index is 11.0. The van der Waals surface area contributed by atoms with E-state index < -0.39 is 11.2 Å². The molecule has 1 aromatic heterocycles. The van der Waals surface area contributed by atoms with E-state index in [-0.39, 0.29) is 0 Å². The van der Waals surface area contributed by atoms with E-state index >= 15 is 0 Å². The van der Waals surface area contributed by atoms with E-state index in [0.717, 1.165) is 15.9 Å². The van der Waals surface area contributed by atoms with E-state index in [1.54, 1.807) is 6.92 Å². The summed E-state index contributed by atoms with van der Waals surface area (Å²) >= 11 is 1.25. The highest BCUT2D eigenvalue weighted by molar-refractivity contribution is 8.00. The zero-order valence-corrected chi connectivity index (χ0v) is 12.5. The molecule has 0 fully saturated rings. The SMILES string of the molecule is CC(Sc1nc(CN(C)C)nc2ccccc12)C(=O)O. The van der Waals surface area contributed by atoms with Gasteiger partial charge in [0.2, 0.25) is 0 Å². The Balaban J connectivity index is 2.46. The number of benzene rings is 1. The number of rotatable bonds is 5. The topological polar surface area (TPSA) is 66.3 Å². The fourth-order valence-corrected chi connectivity index (χ4v) is 2.65. The van der Waals surface area contributed by atoms with Crippen LogP contribution in [0.4, 0.5) is 0 Å². The zero-order valence-electron chi connectivity index (χ0n) is 11.7. The standard InChI is InChI=1S/C14H17N3O2S/c1-9(14(18)19)20-13-10-6-4-5-7-11(10)15-12(16-13)8-17(2)3/h4-7,9H,8H2,1-3H3,(H,18,19). The molecule has 0 aliphatic rings. The minimum absolute atomic E-state index is 0.541. The predicted octanol–water partition coefficient (Wildman–Crippen LogP) is 2.26. The van der Waals surface area contributed by atoms with Gasteiger partial charge in [0.05, 0.1) is 12.1 Å². The third-order valence-electron chi connectivity index (χ3n) is 2.71. The number of hydrogen-bond donors (Lipinski definition) is 1. The Hall–Kier alpha value is -1.66. The van der Waals surface area contributed by atoms with Gasteiger partial charge >= 0.3 is 5.97 Å². The van der Waals surface area contributed by atoms with Gasteiger partial charge in [-0.25, -0.2) is 9.97 Å². The van der Waals surface area contributed by atoms with Gasteiger partial charge in [-0.1, -0.05) is 30.0 Å². The first kappa shape index (κ1) is 14.7. The molecule has 0 amide bonds. The summed E-state index contributed by atoms with van der Waals surface area (Å²) in [6.07, 6.45) is 0.